The maximum absolute atomic E-state index is 15.2. The van der Waals surface area contributed by atoms with Gasteiger partial charge in [0.15, 0.2) is 11.5 Å². The molecular formula is C22H16Cl2F5N3O2S. The van der Waals surface area contributed by atoms with E-state index in [1.807, 2.05) is 0 Å². The van der Waals surface area contributed by atoms with Gasteiger partial charge in [0.2, 0.25) is 5.91 Å². The zero-order chi connectivity index (χ0) is 25.2. The highest BCUT2D eigenvalue weighted by atomic mass is 35.5. The number of carbonyl (C=O) groups excluding carboxylic acids is 1. The van der Waals surface area contributed by atoms with Gasteiger partial charge in [-0.15, -0.1) is 0 Å². The quantitative estimate of drug-likeness (QED) is 0.373. The number of rotatable bonds is 4. The van der Waals surface area contributed by atoms with E-state index in [9.17, 15) is 22.4 Å². The number of alkyl halides is 4. The predicted octanol–water partition coefficient (Wildman–Crippen LogP) is 5.48. The van der Waals surface area contributed by atoms with E-state index in [1.54, 1.807) is 11.8 Å². The summed E-state index contributed by atoms with van der Waals surface area (Å²) in [5, 5.41) is 2.44. The number of hydrogen-bond acceptors (Lipinski definition) is 5. The molecule has 35 heavy (non-hydrogen) atoms. The molecule has 3 aliphatic rings. The standard InChI is InChI=1S/C22H16Cl2F5N3O2S/c23-14-3-13(4-15(24)18(14)25)21(22(27,28)29)5-16(31-34-21)11-1-2-17(30-6-11)20(26)9-32(10-20)19(33)12-7-35-8-12/h1-4,6,12H,5,7-10H2. The molecule has 1 atom stereocenters. The number of halogens is 7. The maximum Gasteiger partial charge on any atom is 0.435 e. The summed E-state index contributed by atoms with van der Waals surface area (Å²) >= 11 is 13.1. The van der Waals surface area contributed by atoms with Crippen molar-refractivity contribution >= 4 is 46.6 Å². The van der Waals surface area contributed by atoms with E-state index in [-0.39, 0.29) is 41.9 Å². The predicted molar refractivity (Wildman–Crippen MR) is 121 cm³/mol. The van der Waals surface area contributed by atoms with Crippen molar-refractivity contribution in [2.45, 2.75) is 23.9 Å². The van der Waals surface area contributed by atoms with Gasteiger partial charge in [-0.1, -0.05) is 28.4 Å². The molecule has 1 unspecified atom stereocenters. The SMILES string of the molecule is O=C(C1CSC1)N1CC(F)(c2ccc(C3=NOC(c4cc(Cl)c(F)c(Cl)c4)(C(F)(F)F)C3)cn2)C1. The van der Waals surface area contributed by atoms with E-state index in [1.165, 1.54) is 23.2 Å². The maximum atomic E-state index is 15.2. The van der Waals surface area contributed by atoms with Gasteiger partial charge in [0, 0.05) is 28.8 Å². The normalized spacial score (nSPS) is 23.9. The number of pyridine rings is 1. The molecule has 0 spiro atoms. The molecule has 5 nitrogen and oxygen atoms in total. The third-order valence-corrected chi connectivity index (χ3v) is 8.20. The topological polar surface area (TPSA) is 54.8 Å². The van der Waals surface area contributed by atoms with Crippen LogP contribution in [0.1, 0.15) is 23.2 Å². The van der Waals surface area contributed by atoms with Gasteiger partial charge < -0.3 is 9.74 Å². The number of amides is 1. The number of benzene rings is 1. The van der Waals surface area contributed by atoms with Crippen molar-refractivity contribution < 1.29 is 31.6 Å². The lowest BCUT2D eigenvalue weighted by Crippen LogP contribution is -2.61. The highest BCUT2D eigenvalue weighted by Crippen LogP contribution is 2.50. The van der Waals surface area contributed by atoms with Crippen LogP contribution in [0.25, 0.3) is 0 Å². The molecule has 0 radical (unpaired) electrons. The molecule has 186 valence electrons. The number of likely N-dealkylation sites (tertiary alicyclic amines) is 1. The zero-order valence-corrected chi connectivity index (χ0v) is 20.0. The highest BCUT2D eigenvalue weighted by Gasteiger charge is 2.62. The van der Waals surface area contributed by atoms with E-state index in [0.717, 1.165) is 23.6 Å². The van der Waals surface area contributed by atoms with Crippen LogP contribution in [0.15, 0.2) is 35.6 Å². The Kier molecular flexibility index (Phi) is 5.96. The Balaban J connectivity index is 1.34. The van der Waals surface area contributed by atoms with E-state index in [0.29, 0.717) is 0 Å². The lowest BCUT2D eigenvalue weighted by molar-refractivity contribution is -0.275. The fourth-order valence-corrected chi connectivity index (χ4v) is 5.43. The van der Waals surface area contributed by atoms with Crippen molar-refractivity contribution in [2.24, 2.45) is 11.1 Å². The number of nitrogens with zero attached hydrogens (tertiary/aromatic N) is 3. The van der Waals surface area contributed by atoms with Gasteiger partial charge in [-0.05, 0) is 24.3 Å². The Bertz CT molecular complexity index is 1190. The van der Waals surface area contributed by atoms with Crippen molar-refractivity contribution in [3.8, 4) is 0 Å². The van der Waals surface area contributed by atoms with E-state index < -0.39 is 45.3 Å². The lowest BCUT2D eigenvalue weighted by atomic mass is 9.86. The van der Waals surface area contributed by atoms with Crippen LogP contribution in [0.4, 0.5) is 22.0 Å². The minimum Gasteiger partial charge on any atom is -0.374 e. The van der Waals surface area contributed by atoms with Gasteiger partial charge in [0.05, 0.1) is 46.9 Å². The monoisotopic (exact) mass is 551 g/mol. The van der Waals surface area contributed by atoms with Crippen LogP contribution in [0, 0.1) is 11.7 Å². The molecule has 0 bridgehead atoms. The van der Waals surface area contributed by atoms with Crippen LogP contribution in [-0.2, 0) is 20.9 Å². The van der Waals surface area contributed by atoms with Gasteiger partial charge in [0.25, 0.3) is 5.60 Å². The van der Waals surface area contributed by atoms with Crippen molar-refractivity contribution in [2.75, 3.05) is 24.6 Å². The van der Waals surface area contributed by atoms with Crippen LogP contribution in [0.2, 0.25) is 10.0 Å². The Morgan fingerprint density at radius 1 is 1.17 bits per heavy atom. The minimum absolute atomic E-state index is 0.0694. The van der Waals surface area contributed by atoms with Crippen LogP contribution < -0.4 is 0 Å². The summed E-state index contributed by atoms with van der Waals surface area (Å²) in [5.41, 5.74) is -5.07. The summed E-state index contributed by atoms with van der Waals surface area (Å²) in [5.74, 6) is 0.287. The molecular weight excluding hydrogens is 536 g/mol. The van der Waals surface area contributed by atoms with Crippen LogP contribution >= 0.6 is 35.0 Å². The second kappa shape index (κ2) is 8.48. The number of hydrogen-bond donors (Lipinski definition) is 0. The van der Waals surface area contributed by atoms with Gasteiger partial charge in [0.1, 0.15) is 0 Å². The summed E-state index contributed by atoms with van der Waals surface area (Å²) in [4.78, 5) is 22.7. The second-order valence-corrected chi connectivity index (χ2v) is 10.6. The summed E-state index contributed by atoms with van der Waals surface area (Å²) in [6.07, 6.45) is -4.48. The van der Waals surface area contributed by atoms with Gasteiger partial charge in [-0.25, -0.2) is 8.78 Å². The van der Waals surface area contributed by atoms with Crippen LogP contribution in [-0.4, -0.2) is 52.3 Å². The van der Waals surface area contributed by atoms with Crippen molar-refractivity contribution in [1.29, 1.82) is 0 Å². The molecule has 2 aromatic rings. The number of carbonyl (C=O) groups is 1. The van der Waals surface area contributed by atoms with Gasteiger partial charge in [-0.2, -0.15) is 24.9 Å². The van der Waals surface area contributed by atoms with E-state index >= 15 is 4.39 Å². The molecule has 13 heteroatoms. The summed E-state index contributed by atoms with van der Waals surface area (Å²) < 4.78 is 71.4. The Morgan fingerprint density at radius 3 is 2.34 bits per heavy atom. The number of aromatic nitrogens is 1. The van der Waals surface area contributed by atoms with Crippen molar-refractivity contribution in [1.82, 2.24) is 9.88 Å². The fourth-order valence-electron chi connectivity index (χ4n) is 4.19. The van der Waals surface area contributed by atoms with Crippen LogP contribution in [0.5, 0.6) is 0 Å². The highest BCUT2D eigenvalue weighted by molar-refractivity contribution is 8.00. The van der Waals surface area contributed by atoms with Gasteiger partial charge >= 0.3 is 6.18 Å². The third kappa shape index (κ3) is 4.05. The Labute approximate surface area is 210 Å². The molecule has 0 N–H and O–H groups in total. The first-order valence-corrected chi connectivity index (χ1v) is 12.3. The summed E-state index contributed by atoms with van der Waals surface area (Å²) in [7, 11) is 0. The molecule has 3 aliphatic heterocycles. The molecule has 0 aliphatic carbocycles. The molecule has 1 aromatic heterocycles. The first-order valence-electron chi connectivity index (χ1n) is 10.4. The van der Waals surface area contributed by atoms with Crippen LogP contribution in [0.3, 0.4) is 0 Å². The molecule has 5 rings (SSSR count). The van der Waals surface area contributed by atoms with Crippen molar-refractivity contribution in [3.05, 3.63) is 63.1 Å². The Hall–Kier alpha value is -2.11. The average molecular weight is 552 g/mol. The first kappa shape index (κ1) is 24.6. The molecule has 0 saturated carbocycles. The minimum atomic E-state index is -4.94. The average Bonchev–Trinajstić information content (AvgIpc) is 3.21. The van der Waals surface area contributed by atoms with E-state index in [4.69, 9.17) is 28.0 Å². The number of oxime groups is 1. The molecule has 1 aromatic carbocycles. The van der Waals surface area contributed by atoms with Gasteiger partial charge in [-0.3, -0.25) is 9.78 Å². The third-order valence-electron chi connectivity index (χ3n) is 6.37. The molecule has 4 heterocycles. The zero-order valence-electron chi connectivity index (χ0n) is 17.7. The molecule has 2 saturated heterocycles. The second-order valence-electron chi connectivity index (χ2n) is 8.71. The lowest BCUT2D eigenvalue weighted by Gasteiger charge is -2.46. The molecule has 1 amide bonds. The molecule has 2 fully saturated rings. The van der Waals surface area contributed by atoms with E-state index in [2.05, 4.69) is 10.1 Å². The number of thioether (sulfide) groups is 1. The summed E-state index contributed by atoms with van der Waals surface area (Å²) in [6.45, 7) is -0.237. The summed E-state index contributed by atoms with van der Waals surface area (Å²) in [6, 6.07) is 4.36. The largest absolute Gasteiger partial charge is 0.435 e. The first-order chi connectivity index (χ1) is 16.4. The smallest absolute Gasteiger partial charge is 0.374 e. The Morgan fingerprint density at radius 2 is 1.83 bits per heavy atom. The van der Waals surface area contributed by atoms with Crippen molar-refractivity contribution in [3.63, 3.8) is 0 Å². The fraction of sp³-hybridized carbons (Fsp3) is 0.409.